The molecule has 0 fully saturated rings. The van der Waals surface area contributed by atoms with Crippen molar-refractivity contribution in [2.75, 3.05) is 0 Å². The number of carbonyl (C=O) groups is 1. The van der Waals surface area contributed by atoms with Crippen molar-refractivity contribution in [2.24, 2.45) is 10.4 Å². The van der Waals surface area contributed by atoms with Gasteiger partial charge in [0.2, 0.25) is 0 Å². The van der Waals surface area contributed by atoms with Crippen LogP contribution in [0.5, 0.6) is 0 Å². The first-order valence-electron chi connectivity index (χ1n) is 5.26. The van der Waals surface area contributed by atoms with Gasteiger partial charge in [0.1, 0.15) is 0 Å². The van der Waals surface area contributed by atoms with Crippen molar-refractivity contribution in [3.8, 4) is 0 Å². The third-order valence-electron chi connectivity index (χ3n) is 2.79. The number of ether oxygens (including phenoxy) is 1. The van der Waals surface area contributed by atoms with Crippen LogP contribution in [0.3, 0.4) is 0 Å². The van der Waals surface area contributed by atoms with E-state index in [1.54, 1.807) is 0 Å². The molecule has 0 aromatic rings. The SMILES string of the molecule is CCC1(C)CCC(OC(C)C)=NC1=O. The number of aliphatic imine (C=N–C) groups is 1. The van der Waals surface area contributed by atoms with E-state index in [0.29, 0.717) is 5.90 Å². The summed E-state index contributed by atoms with van der Waals surface area (Å²) in [6, 6.07) is 0. The van der Waals surface area contributed by atoms with Gasteiger partial charge in [-0.2, -0.15) is 4.99 Å². The van der Waals surface area contributed by atoms with Crippen molar-refractivity contribution < 1.29 is 9.53 Å². The van der Waals surface area contributed by atoms with Crippen molar-refractivity contribution >= 4 is 11.8 Å². The summed E-state index contributed by atoms with van der Waals surface area (Å²) in [4.78, 5) is 15.7. The Labute approximate surface area is 85.6 Å². The van der Waals surface area contributed by atoms with Gasteiger partial charge in [-0.3, -0.25) is 4.79 Å². The van der Waals surface area contributed by atoms with Gasteiger partial charge in [0, 0.05) is 11.8 Å². The molecule has 0 radical (unpaired) electrons. The smallest absolute Gasteiger partial charge is 0.254 e. The number of carbonyl (C=O) groups excluding carboxylic acids is 1. The minimum absolute atomic E-state index is 0.0260. The first-order valence-corrected chi connectivity index (χ1v) is 5.26. The molecular formula is C11H19NO2. The van der Waals surface area contributed by atoms with Crippen LogP contribution >= 0.6 is 0 Å². The molecule has 3 nitrogen and oxygen atoms in total. The second-order valence-corrected chi connectivity index (χ2v) is 4.39. The fourth-order valence-electron chi connectivity index (χ4n) is 1.48. The van der Waals surface area contributed by atoms with E-state index in [0.717, 1.165) is 19.3 Å². The molecule has 3 heteroatoms. The summed E-state index contributed by atoms with van der Waals surface area (Å²) in [7, 11) is 0. The van der Waals surface area contributed by atoms with E-state index < -0.39 is 0 Å². The van der Waals surface area contributed by atoms with Crippen LogP contribution in [0, 0.1) is 5.41 Å². The van der Waals surface area contributed by atoms with E-state index in [-0.39, 0.29) is 17.4 Å². The fourth-order valence-corrected chi connectivity index (χ4v) is 1.48. The molecule has 0 bridgehead atoms. The first kappa shape index (κ1) is 11.2. The molecule has 1 aliphatic heterocycles. The van der Waals surface area contributed by atoms with E-state index in [2.05, 4.69) is 4.99 Å². The number of nitrogens with zero attached hydrogens (tertiary/aromatic N) is 1. The molecule has 1 heterocycles. The lowest BCUT2D eigenvalue weighted by atomic mass is 9.80. The first-order chi connectivity index (χ1) is 6.48. The van der Waals surface area contributed by atoms with Crippen LogP contribution in [-0.4, -0.2) is 17.9 Å². The normalized spacial score (nSPS) is 27.8. The molecule has 14 heavy (non-hydrogen) atoms. The fraction of sp³-hybridized carbons (Fsp3) is 0.818. The van der Waals surface area contributed by atoms with Gasteiger partial charge >= 0.3 is 0 Å². The average Bonchev–Trinajstić information content (AvgIpc) is 2.11. The van der Waals surface area contributed by atoms with Gasteiger partial charge in [0.15, 0.2) is 5.90 Å². The maximum Gasteiger partial charge on any atom is 0.254 e. The molecule has 0 aliphatic carbocycles. The van der Waals surface area contributed by atoms with Crippen molar-refractivity contribution in [3.63, 3.8) is 0 Å². The Hall–Kier alpha value is -0.860. The van der Waals surface area contributed by atoms with Crippen LogP contribution in [0.1, 0.15) is 47.0 Å². The van der Waals surface area contributed by atoms with Gasteiger partial charge in [0.05, 0.1) is 6.10 Å². The van der Waals surface area contributed by atoms with E-state index in [1.165, 1.54) is 0 Å². The molecule has 0 N–H and O–H groups in total. The predicted octanol–water partition coefficient (Wildman–Crippen LogP) is 2.55. The van der Waals surface area contributed by atoms with Gasteiger partial charge in [-0.1, -0.05) is 13.8 Å². The van der Waals surface area contributed by atoms with Crippen LogP contribution in [0.15, 0.2) is 4.99 Å². The second-order valence-electron chi connectivity index (χ2n) is 4.39. The summed E-state index contributed by atoms with van der Waals surface area (Å²) in [5.41, 5.74) is -0.260. The number of amides is 1. The van der Waals surface area contributed by atoms with E-state index in [9.17, 15) is 4.79 Å². The molecule has 1 amide bonds. The van der Waals surface area contributed by atoms with Crippen LogP contribution in [0.4, 0.5) is 0 Å². The quantitative estimate of drug-likeness (QED) is 0.682. The molecule has 0 aromatic heterocycles. The topological polar surface area (TPSA) is 38.7 Å². The minimum Gasteiger partial charge on any atom is -0.478 e. The van der Waals surface area contributed by atoms with E-state index in [1.807, 2.05) is 27.7 Å². The maximum atomic E-state index is 11.7. The zero-order valence-electron chi connectivity index (χ0n) is 9.46. The Morgan fingerprint density at radius 3 is 2.64 bits per heavy atom. The lowest BCUT2D eigenvalue weighted by Gasteiger charge is -2.29. The van der Waals surface area contributed by atoms with Crippen LogP contribution in [0.2, 0.25) is 0 Å². The molecule has 0 saturated carbocycles. The highest BCUT2D eigenvalue weighted by molar-refractivity contribution is 5.96. The standard InChI is InChI=1S/C11H19NO2/c1-5-11(4)7-6-9(12-10(11)13)14-8(2)3/h8H,5-7H2,1-4H3. The molecular weight excluding hydrogens is 178 g/mol. The van der Waals surface area contributed by atoms with Crippen molar-refractivity contribution in [1.82, 2.24) is 0 Å². The Balaban J connectivity index is 2.71. The molecule has 1 unspecified atom stereocenters. The second kappa shape index (κ2) is 4.11. The molecule has 1 aliphatic rings. The highest BCUT2D eigenvalue weighted by atomic mass is 16.5. The highest BCUT2D eigenvalue weighted by Crippen LogP contribution is 2.32. The molecule has 0 saturated heterocycles. The van der Waals surface area contributed by atoms with Gasteiger partial charge < -0.3 is 4.74 Å². The molecule has 80 valence electrons. The van der Waals surface area contributed by atoms with Crippen molar-refractivity contribution in [3.05, 3.63) is 0 Å². The zero-order chi connectivity index (χ0) is 10.8. The summed E-state index contributed by atoms with van der Waals surface area (Å²) >= 11 is 0. The lowest BCUT2D eigenvalue weighted by Crippen LogP contribution is -2.32. The molecule has 0 spiro atoms. The monoisotopic (exact) mass is 197 g/mol. The summed E-state index contributed by atoms with van der Waals surface area (Å²) in [5.74, 6) is 0.581. The van der Waals surface area contributed by atoms with Crippen LogP contribution in [0.25, 0.3) is 0 Å². The van der Waals surface area contributed by atoms with Gasteiger partial charge in [-0.05, 0) is 26.7 Å². The lowest BCUT2D eigenvalue weighted by molar-refractivity contribution is -0.127. The van der Waals surface area contributed by atoms with Gasteiger partial charge in [-0.15, -0.1) is 0 Å². The summed E-state index contributed by atoms with van der Waals surface area (Å²) in [6.07, 6.45) is 2.60. The predicted molar refractivity (Wildman–Crippen MR) is 56.3 cm³/mol. The number of hydrogen-bond donors (Lipinski definition) is 0. The third kappa shape index (κ3) is 2.34. The number of hydrogen-bond acceptors (Lipinski definition) is 2. The third-order valence-corrected chi connectivity index (χ3v) is 2.79. The molecule has 0 aromatic carbocycles. The van der Waals surface area contributed by atoms with E-state index >= 15 is 0 Å². The maximum absolute atomic E-state index is 11.7. The van der Waals surface area contributed by atoms with Crippen LogP contribution < -0.4 is 0 Å². The zero-order valence-corrected chi connectivity index (χ0v) is 9.46. The number of rotatable bonds is 2. The largest absolute Gasteiger partial charge is 0.478 e. The van der Waals surface area contributed by atoms with Gasteiger partial charge in [-0.25, -0.2) is 0 Å². The Morgan fingerprint density at radius 2 is 2.21 bits per heavy atom. The summed E-state index contributed by atoms with van der Waals surface area (Å²) in [5, 5.41) is 0. The van der Waals surface area contributed by atoms with Crippen molar-refractivity contribution in [2.45, 2.75) is 53.1 Å². The van der Waals surface area contributed by atoms with Crippen LogP contribution in [-0.2, 0) is 9.53 Å². The summed E-state index contributed by atoms with van der Waals surface area (Å²) < 4.78 is 5.43. The molecule has 1 rings (SSSR count). The summed E-state index contributed by atoms with van der Waals surface area (Å²) in [6.45, 7) is 7.90. The van der Waals surface area contributed by atoms with Gasteiger partial charge in [0.25, 0.3) is 5.91 Å². The van der Waals surface area contributed by atoms with Crippen molar-refractivity contribution in [1.29, 1.82) is 0 Å². The Kier molecular flexibility index (Phi) is 3.29. The Bertz CT molecular complexity index is 258. The average molecular weight is 197 g/mol. The van der Waals surface area contributed by atoms with E-state index in [4.69, 9.17) is 4.74 Å². The Morgan fingerprint density at radius 1 is 1.57 bits per heavy atom. The molecule has 1 atom stereocenters. The highest BCUT2D eigenvalue weighted by Gasteiger charge is 2.35. The minimum atomic E-state index is -0.260.